The fourth-order valence-corrected chi connectivity index (χ4v) is 3.46. The summed E-state index contributed by atoms with van der Waals surface area (Å²) in [5.41, 5.74) is 0.565. The third-order valence-electron chi connectivity index (χ3n) is 2.91. The number of benzene rings is 1. The molecular formula is C13H16INO2S. The van der Waals surface area contributed by atoms with Gasteiger partial charge in [-0.05, 0) is 54.6 Å². The molecule has 0 aromatic heterocycles. The molecule has 1 amide bonds. The lowest BCUT2D eigenvalue weighted by Gasteiger charge is -2.37. The van der Waals surface area contributed by atoms with E-state index >= 15 is 0 Å². The summed E-state index contributed by atoms with van der Waals surface area (Å²) in [7, 11) is 0. The molecule has 0 bridgehead atoms. The zero-order valence-corrected chi connectivity index (χ0v) is 13.4. The second-order valence-electron chi connectivity index (χ2n) is 5.00. The highest BCUT2D eigenvalue weighted by Gasteiger charge is 2.30. The number of phenols is 1. The van der Waals surface area contributed by atoms with Crippen molar-refractivity contribution in [2.45, 2.75) is 18.6 Å². The van der Waals surface area contributed by atoms with E-state index in [-0.39, 0.29) is 16.4 Å². The van der Waals surface area contributed by atoms with E-state index in [2.05, 4.69) is 13.8 Å². The summed E-state index contributed by atoms with van der Waals surface area (Å²) >= 11 is 3.94. The van der Waals surface area contributed by atoms with Gasteiger partial charge in [-0.25, -0.2) is 0 Å². The lowest BCUT2D eigenvalue weighted by atomic mass is 10.1. The molecule has 1 heterocycles. The standard InChI is InChI=1S/C13H16INO2S/c1-13(2)8-15(5-6-18-13)12(17)9-3-4-10(14)11(16)7-9/h3-4,7,16H,5-6,8H2,1-2H3. The maximum absolute atomic E-state index is 12.4. The van der Waals surface area contributed by atoms with Gasteiger partial charge in [0.1, 0.15) is 5.75 Å². The largest absolute Gasteiger partial charge is 0.507 e. The van der Waals surface area contributed by atoms with Crippen LogP contribution in [0.2, 0.25) is 0 Å². The second-order valence-corrected chi connectivity index (χ2v) is 7.97. The van der Waals surface area contributed by atoms with Crippen LogP contribution in [0.15, 0.2) is 18.2 Å². The molecule has 1 saturated heterocycles. The number of phenolic OH excluding ortho intramolecular Hbond substituents is 1. The van der Waals surface area contributed by atoms with Crippen molar-refractivity contribution in [1.82, 2.24) is 4.90 Å². The molecule has 5 heteroatoms. The molecule has 0 unspecified atom stereocenters. The predicted octanol–water partition coefficient (Wildman–Crippen LogP) is 2.96. The van der Waals surface area contributed by atoms with Gasteiger partial charge in [0.15, 0.2) is 0 Å². The predicted molar refractivity (Wildman–Crippen MR) is 83.3 cm³/mol. The number of hydrogen-bond acceptors (Lipinski definition) is 3. The van der Waals surface area contributed by atoms with Crippen molar-refractivity contribution in [3.8, 4) is 5.75 Å². The van der Waals surface area contributed by atoms with Crippen LogP contribution >= 0.6 is 34.4 Å². The van der Waals surface area contributed by atoms with Crippen molar-refractivity contribution in [2.24, 2.45) is 0 Å². The van der Waals surface area contributed by atoms with Gasteiger partial charge in [-0.3, -0.25) is 4.79 Å². The van der Waals surface area contributed by atoms with E-state index in [0.717, 1.165) is 22.4 Å². The van der Waals surface area contributed by atoms with Gasteiger partial charge in [-0.2, -0.15) is 11.8 Å². The Morgan fingerprint density at radius 3 is 2.83 bits per heavy atom. The van der Waals surface area contributed by atoms with E-state index in [1.165, 1.54) is 0 Å². The Morgan fingerprint density at radius 2 is 2.22 bits per heavy atom. The van der Waals surface area contributed by atoms with Gasteiger partial charge in [0.05, 0.1) is 3.57 Å². The van der Waals surface area contributed by atoms with Gasteiger partial charge < -0.3 is 10.0 Å². The lowest BCUT2D eigenvalue weighted by Crippen LogP contribution is -2.46. The topological polar surface area (TPSA) is 40.5 Å². The van der Waals surface area contributed by atoms with Gasteiger partial charge in [0.2, 0.25) is 0 Å². The molecule has 1 fully saturated rings. The minimum absolute atomic E-state index is 0.00933. The number of carbonyl (C=O) groups excluding carboxylic acids is 1. The highest BCUT2D eigenvalue weighted by molar-refractivity contribution is 14.1. The number of thioether (sulfide) groups is 1. The molecule has 1 N–H and O–H groups in total. The first kappa shape index (κ1) is 14.0. The zero-order valence-electron chi connectivity index (χ0n) is 10.4. The van der Waals surface area contributed by atoms with Gasteiger partial charge in [0.25, 0.3) is 5.91 Å². The molecule has 0 spiro atoms. The molecule has 0 aliphatic carbocycles. The summed E-state index contributed by atoms with van der Waals surface area (Å²) in [5, 5.41) is 9.67. The van der Waals surface area contributed by atoms with E-state index in [1.807, 2.05) is 39.3 Å². The molecule has 0 radical (unpaired) electrons. The quantitative estimate of drug-likeness (QED) is 0.766. The van der Waals surface area contributed by atoms with E-state index < -0.39 is 0 Å². The minimum atomic E-state index is 0.00933. The average molecular weight is 377 g/mol. The van der Waals surface area contributed by atoms with Crippen LogP contribution in [0.4, 0.5) is 0 Å². The Kier molecular flexibility index (Phi) is 4.11. The molecule has 0 saturated carbocycles. The Labute approximate surface area is 125 Å². The SMILES string of the molecule is CC1(C)CN(C(=O)c2ccc(I)c(O)c2)CCS1. The molecule has 0 atom stereocenters. The Bertz CT molecular complexity index is 476. The molecule has 1 aliphatic rings. The number of rotatable bonds is 1. The fraction of sp³-hybridized carbons (Fsp3) is 0.462. The molecular weight excluding hydrogens is 361 g/mol. The smallest absolute Gasteiger partial charge is 0.254 e. The first-order valence-electron chi connectivity index (χ1n) is 5.81. The summed E-state index contributed by atoms with van der Waals surface area (Å²) in [4.78, 5) is 14.2. The van der Waals surface area contributed by atoms with Crippen molar-refractivity contribution < 1.29 is 9.90 Å². The zero-order chi connectivity index (χ0) is 13.3. The highest BCUT2D eigenvalue weighted by Crippen LogP contribution is 2.30. The summed E-state index contributed by atoms with van der Waals surface area (Å²) < 4.78 is 0.873. The monoisotopic (exact) mass is 377 g/mol. The molecule has 3 nitrogen and oxygen atoms in total. The van der Waals surface area contributed by atoms with Crippen LogP contribution in [0.1, 0.15) is 24.2 Å². The highest BCUT2D eigenvalue weighted by atomic mass is 127. The number of halogens is 1. The van der Waals surface area contributed by atoms with Crippen LogP contribution in [0, 0.1) is 3.57 Å². The van der Waals surface area contributed by atoms with Gasteiger partial charge in [0, 0.05) is 29.2 Å². The van der Waals surface area contributed by atoms with Gasteiger partial charge >= 0.3 is 0 Å². The second kappa shape index (κ2) is 5.28. The summed E-state index contributed by atoms with van der Waals surface area (Å²) in [5.74, 6) is 1.15. The van der Waals surface area contributed by atoms with Crippen LogP contribution in [-0.4, -0.2) is 39.5 Å². The van der Waals surface area contributed by atoms with Crippen LogP contribution in [0.5, 0.6) is 5.75 Å². The molecule has 1 aromatic carbocycles. The molecule has 18 heavy (non-hydrogen) atoms. The average Bonchev–Trinajstić information content (AvgIpc) is 2.30. The summed E-state index contributed by atoms with van der Waals surface area (Å²) in [6, 6.07) is 5.10. The lowest BCUT2D eigenvalue weighted by molar-refractivity contribution is 0.0747. The van der Waals surface area contributed by atoms with Crippen molar-refractivity contribution in [1.29, 1.82) is 0 Å². The van der Waals surface area contributed by atoms with Crippen LogP contribution in [0.25, 0.3) is 0 Å². The third kappa shape index (κ3) is 3.12. The maximum Gasteiger partial charge on any atom is 0.254 e. The summed E-state index contributed by atoms with van der Waals surface area (Å²) in [6.07, 6.45) is 0. The van der Waals surface area contributed by atoms with Crippen LogP contribution < -0.4 is 0 Å². The van der Waals surface area contributed by atoms with Crippen LogP contribution in [0.3, 0.4) is 0 Å². The third-order valence-corrected chi connectivity index (χ3v) is 5.12. The number of carbonyl (C=O) groups is 1. The molecule has 98 valence electrons. The van der Waals surface area contributed by atoms with Crippen molar-refractivity contribution in [2.75, 3.05) is 18.8 Å². The van der Waals surface area contributed by atoms with Crippen LogP contribution in [-0.2, 0) is 0 Å². The summed E-state index contributed by atoms with van der Waals surface area (Å²) in [6.45, 7) is 5.84. The number of aromatic hydroxyl groups is 1. The first-order valence-corrected chi connectivity index (χ1v) is 7.87. The van der Waals surface area contributed by atoms with Crippen molar-refractivity contribution >= 4 is 40.3 Å². The van der Waals surface area contributed by atoms with E-state index in [4.69, 9.17) is 0 Å². The van der Waals surface area contributed by atoms with E-state index in [9.17, 15) is 9.90 Å². The maximum atomic E-state index is 12.4. The molecule has 2 rings (SSSR count). The number of hydrogen-bond donors (Lipinski definition) is 1. The first-order chi connectivity index (χ1) is 8.39. The number of amides is 1. The van der Waals surface area contributed by atoms with E-state index in [0.29, 0.717) is 5.56 Å². The van der Waals surface area contributed by atoms with E-state index in [1.54, 1.807) is 18.2 Å². The normalized spacial score (nSPS) is 18.7. The number of nitrogens with zero attached hydrogens (tertiary/aromatic N) is 1. The Balaban J connectivity index is 2.18. The molecule has 1 aromatic rings. The minimum Gasteiger partial charge on any atom is -0.507 e. The Hall–Kier alpha value is -0.430. The fourth-order valence-electron chi connectivity index (χ4n) is 2.02. The van der Waals surface area contributed by atoms with Crippen molar-refractivity contribution in [3.05, 3.63) is 27.3 Å². The van der Waals surface area contributed by atoms with Gasteiger partial charge in [-0.15, -0.1) is 0 Å². The molecule has 1 aliphatic heterocycles. The van der Waals surface area contributed by atoms with Crippen molar-refractivity contribution in [3.63, 3.8) is 0 Å². The van der Waals surface area contributed by atoms with Gasteiger partial charge in [-0.1, -0.05) is 0 Å². The Morgan fingerprint density at radius 1 is 1.50 bits per heavy atom.